The van der Waals surface area contributed by atoms with Crippen LogP contribution >= 0.6 is 0 Å². The highest BCUT2D eigenvalue weighted by Gasteiger charge is 2.15. The van der Waals surface area contributed by atoms with E-state index in [1.54, 1.807) is 14.2 Å². The molecule has 2 rings (SSSR count). The van der Waals surface area contributed by atoms with E-state index in [2.05, 4.69) is 43.3 Å². The van der Waals surface area contributed by atoms with Gasteiger partial charge in [-0.15, -0.1) is 0 Å². The summed E-state index contributed by atoms with van der Waals surface area (Å²) in [7, 11) is 3.43. The summed E-state index contributed by atoms with van der Waals surface area (Å²) in [6.45, 7) is 2.23. The molecule has 21 heavy (non-hydrogen) atoms. The Kier molecular flexibility index (Phi) is 5.68. The third-order valence-corrected chi connectivity index (χ3v) is 3.84. The molecule has 0 aliphatic rings. The lowest BCUT2D eigenvalue weighted by Crippen LogP contribution is -2.02. The Labute approximate surface area is 127 Å². The van der Waals surface area contributed by atoms with Crippen LogP contribution in [-0.2, 0) is 0 Å². The molecule has 112 valence electrons. The lowest BCUT2D eigenvalue weighted by Gasteiger charge is -2.19. The number of unbranched alkanes of at least 4 members (excludes halogenated alkanes) is 1. The molecule has 0 bridgehead atoms. The van der Waals surface area contributed by atoms with E-state index in [0.717, 1.165) is 17.9 Å². The summed E-state index contributed by atoms with van der Waals surface area (Å²) in [4.78, 5) is 0. The van der Waals surface area contributed by atoms with Gasteiger partial charge >= 0.3 is 0 Å². The predicted molar refractivity (Wildman–Crippen MR) is 87.4 cm³/mol. The first-order chi connectivity index (χ1) is 10.3. The van der Waals surface area contributed by atoms with E-state index < -0.39 is 0 Å². The fourth-order valence-corrected chi connectivity index (χ4v) is 2.65. The number of hydrogen-bond donors (Lipinski definition) is 0. The van der Waals surface area contributed by atoms with Gasteiger partial charge in [0, 0.05) is 5.92 Å². The maximum absolute atomic E-state index is 5.37. The molecule has 0 aliphatic carbocycles. The third kappa shape index (κ3) is 4.01. The lowest BCUT2D eigenvalue weighted by molar-refractivity contribution is 0.413. The normalized spacial score (nSPS) is 10.7. The van der Waals surface area contributed by atoms with E-state index in [-0.39, 0.29) is 0 Å². The van der Waals surface area contributed by atoms with Crippen LogP contribution in [0, 0.1) is 0 Å². The molecule has 2 nitrogen and oxygen atoms in total. The SMILES string of the molecule is CCCCC(c1cccc(OC)c1)c1cccc(OC)c1. The average molecular weight is 284 g/mol. The van der Waals surface area contributed by atoms with E-state index in [4.69, 9.17) is 9.47 Å². The molecule has 2 heteroatoms. The van der Waals surface area contributed by atoms with Gasteiger partial charge in [-0.25, -0.2) is 0 Å². The summed E-state index contributed by atoms with van der Waals surface area (Å²) in [6, 6.07) is 16.8. The zero-order chi connectivity index (χ0) is 15.1. The standard InChI is InChI=1S/C19H24O2/c1-4-5-12-19(15-8-6-10-17(13-15)20-2)16-9-7-11-18(14-16)21-3/h6-11,13-14,19H,4-5,12H2,1-3H3. The Hall–Kier alpha value is -1.96. The molecule has 0 saturated carbocycles. The fourth-order valence-electron chi connectivity index (χ4n) is 2.65. The molecule has 2 aromatic rings. The Morgan fingerprint density at radius 1 is 0.857 bits per heavy atom. The second-order valence-corrected chi connectivity index (χ2v) is 5.25. The molecule has 0 aliphatic heterocycles. The zero-order valence-electron chi connectivity index (χ0n) is 13.1. The molecule has 2 aromatic carbocycles. The van der Waals surface area contributed by atoms with Crippen molar-refractivity contribution in [2.75, 3.05) is 14.2 Å². The lowest BCUT2D eigenvalue weighted by atomic mass is 9.87. The molecule has 0 atom stereocenters. The first kappa shape index (κ1) is 15.4. The van der Waals surface area contributed by atoms with Gasteiger partial charge < -0.3 is 9.47 Å². The fraction of sp³-hybridized carbons (Fsp3) is 0.368. The highest BCUT2D eigenvalue weighted by Crippen LogP contribution is 2.33. The van der Waals surface area contributed by atoms with Crippen LogP contribution in [0.2, 0.25) is 0 Å². The van der Waals surface area contributed by atoms with Gasteiger partial charge in [-0.1, -0.05) is 44.0 Å². The molecule has 0 saturated heterocycles. The Balaban J connectivity index is 2.36. The third-order valence-electron chi connectivity index (χ3n) is 3.84. The minimum absolute atomic E-state index is 0.384. The molecule has 0 unspecified atom stereocenters. The van der Waals surface area contributed by atoms with Crippen molar-refractivity contribution in [2.45, 2.75) is 32.1 Å². The number of ether oxygens (including phenoxy) is 2. The molecule has 0 heterocycles. The number of methoxy groups -OCH3 is 2. The highest BCUT2D eigenvalue weighted by atomic mass is 16.5. The Morgan fingerprint density at radius 3 is 1.81 bits per heavy atom. The molecule has 0 fully saturated rings. The molecular weight excluding hydrogens is 260 g/mol. The molecule has 0 spiro atoms. The van der Waals surface area contributed by atoms with Crippen molar-refractivity contribution in [3.8, 4) is 11.5 Å². The number of rotatable bonds is 7. The second kappa shape index (κ2) is 7.72. The summed E-state index contributed by atoms with van der Waals surface area (Å²) in [6.07, 6.45) is 3.54. The number of hydrogen-bond acceptors (Lipinski definition) is 2. The maximum atomic E-state index is 5.37. The average Bonchev–Trinajstić information content (AvgIpc) is 2.55. The minimum Gasteiger partial charge on any atom is -0.497 e. The highest BCUT2D eigenvalue weighted by molar-refractivity contribution is 5.40. The smallest absolute Gasteiger partial charge is 0.119 e. The van der Waals surface area contributed by atoms with Crippen LogP contribution in [0.1, 0.15) is 43.2 Å². The maximum Gasteiger partial charge on any atom is 0.119 e. The second-order valence-electron chi connectivity index (χ2n) is 5.25. The van der Waals surface area contributed by atoms with Crippen molar-refractivity contribution < 1.29 is 9.47 Å². The number of benzene rings is 2. The molecule has 0 N–H and O–H groups in total. The summed E-state index contributed by atoms with van der Waals surface area (Å²) >= 11 is 0. The minimum atomic E-state index is 0.384. The van der Waals surface area contributed by atoms with Crippen LogP contribution in [0.25, 0.3) is 0 Å². The van der Waals surface area contributed by atoms with Gasteiger partial charge in [-0.05, 0) is 41.8 Å². The van der Waals surface area contributed by atoms with Crippen LogP contribution in [0.5, 0.6) is 11.5 Å². The van der Waals surface area contributed by atoms with Crippen molar-refractivity contribution in [2.24, 2.45) is 0 Å². The van der Waals surface area contributed by atoms with Crippen molar-refractivity contribution >= 4 is 0 Å². The van der Waals surface area contributed by atoms with Crippen molar-refractivity contribution in [1.29, 1.82) is 0 Å². The summed E-state index contributed by atoms with van der Waals surface area (Å²) in [5, 5.41) is 0. The van der Waals surface area contributed by atoms with Crippen LogP contribution in [0.4, 0.5) is 0 Å². The van der Waals surface area contributed by atoms with E-state index >= 15 is 0 Å². The summed E-state index contributed by atoms with van der Waals surface area (Å²) < 4.78 is 10.7. The largest absolute Gasteiger partial charge is 0.497 e. The quantitative estimate of drug-likeness (QED) is 0.710. The van der Waals surface area contributed by atoms with Gasteiger partial charge in [-0.2, -0.15) is 0 Å². The zero-order valence-corrected chi connectivity index (χ0v) is 13.1. The Morgan fingerprint density at radius 2 is 1.38 bits per heavy atom. The van der Waals surface area contributed by atoms with Crippen LogP contribution in [0.15, 0.2) is 48.5 Å². The van der Waals surface area contributed by atoms with Gasteiger partial charge in [0.05, 0.1) is 14.2 Å². The molecule has 0 amide bonds. The van der Waals surface area contributed by atoms with E-state index in [1.807, 2.05) is 12.1 Å². The van der Waals surface area contributed by atoms with Gasteiger partial charge in [0.15, 0.2) is 0 Å². The predicted octanol–water partition coefficient (Wildman–Crippen LogP) is 5.03. The van der Waals surface area contributed by atoms with E-state index in [0.29, 0.717) is 5.92 Å². The summed E-state index contributed by atoms with van der Waals surface area (Å²) in [5.41, 5.74) is 2.60. The van der Waals surface area contributed by atoms with E-state index in [1.165, 1.54) is 24.0 Å². The topological polar surface area (TPSA) is 18.5 Å². The van der Waals surface area contributed by atoms with Crippen molar-refractivity contribution in [3.63, 3.8) is 0 Å². The van der Waals surface area contributed by atoms with Gasteiger partial charge in [0.1, 0.15) is 11.5 Å². The van der Waals surface area contributed by atoms with Gasteiger partial charge in [-0.3, -0.25) is 0 Å². The van der Waals surface area contributed by atoms with Gasteiger partial charge in [0.25, 0.3) is 0 Å². The summed E-state index contributed by atoms with van der Waals surface area (Å²) in [5.74, 6) is 2.21. The van der Waals surface area contributed by atoms with Crippen molar-refractivity contribution in [1.82, 2.24) is 0 Å². The van der Waals surface area contributed by atoms with Crippen LogP contribution in [0.3, 0.4) is 0 Å². The first-order valence-corrected chi connectivity index (χ1v) is 7.56. The van der Waals surface area contributed by atoms with Crippen LogP contribution in [-0.4, -0.2) is 14.2 Å². The monoisotopic (exact) mass is 284 g/mol. The molecule has 0 aromatic heterocycles. The van der Waals surface area contributed by atoms with Gasteiger partial charge in [0.2, 0.25) is 0 Å². The molecular formula is C19H24O2. The Bertz CT molecular complexity index is 515. The van der Waals surface area contributed by atoms with E-state index in [9.17, 15) is 0 Å². The van der Waals surface area contributed by atoms with Crippen LogP contribution < -0.4 is 9.47 Å². The first-order valence-electron chi connectivity index (χ1n) is 7.56. The molecule has 0 radical (unpaired) electrons. The van der Waals surface area contributed by atoms with Crippen molar-refractivity contribution in [3.05, 3.63) is 59.7 Å².